The molecule has 0 atom stereocenters. The van der Waals surface area contributed by atoms with Crippen molar-refractivity contribution in [1.29, 1.82) is 0 Å². The van der Waals surface area contributed by atoms with E-state index in [-0.39, 0.29) is 23.8 Å². The van der Waals surface area contributed by atoms with Crippen LogP contribution in [0.15, 0.2) is 18.2 Å². The van der Waals surface area contributed by atoms with Crippen LogP contribution >= 0.6 is 0 Å². The largest absolute Gasteiger partial charge is 0.484 e. The molecule has 0 aliphatic carbocycles. The van der Waals surface area contributed by atoms with Crippen molar-refractivity contribution < 1.29 is 19.2 Å². The number of rotatable bonds is 7. The number of Topliss-reactive ketones (excluding diaryl/α,β-unsaturated/α-hetero) is 1. The van der Waals surface area contributed by atoms with Gasteiger partial charge in [-0.2, -0.15) is 0 Å². The topological polar surface area (TPSA) is 78.7 Å². The SMILES string of the molecule is CCOCCOc1ccc(C(C)=O)cc1[N+](=O)[O-]. The predicted octanol–water partition coefficient (Wildman–Crippen LogP) is 2.21. The predicted molar refractivity (Wildman–Crippen MR) is 65.1 cm³/mol. The Kier molecular flexibility index (Phi) is 5.26. The molecule has 1 aromatic carbocycles. The van der Waals surface area contributed by atoms with E-state index in [9.17, 15) is 14.9 Å². The number of hydrogen-bond donors (Lipinski definition) is 0. The number of nitro groups is 1. The number of benzene rings is 1. The van der Waals surface area contributed by atoms with E-state index in [1.807, 2.05) is 6.92 Å². The lowest BCUT2D eigenvalue weighted by Gasteiger charge is -2.07. The average molecular weight is 253 g/mol. The third kappa shape index (κ3) is 3.81. The number of carbonyl (C=O) groups excluding carboxylic acids is 1. The second-order valence-corrected chi connectivity index (χ2v) is 3.54. The zero-order valence-electron chi connectivity index (χ0n) is 10.3. The smallest absolute Gasteiger partial charge is 0.311 e. The molecular weight excluding hydrogens is 238 g/mol. The highest BCUT2D eigenvalue weighted by atomic mass is 16.6. The summed E-state index contributed by atoms with van der Waals surface area (Å²) in [5.41, 5.74) is 0.0815. The number of nitrogens with zero attached hydrogens (tertiary/aromatic N) is 1. The molecule has 0 bridgehead atoms. The van der Waals surface area contributed by atoms with Crippen molar-refractivity contribution in [2.75, 3.05) is 19.8 Å². The summed E-state index contributed by atoms with van der Waals surface area (Å²) < 4.78 is 10.3. The normalized spacial score (nSPS) is 10.1. The summed E-state index contributed by atoms with van der Waals surface area (Å²) in [5, 5.41) is 10.9. The Hall–Kier alpha value is -1.95. The Morgan fingerprint density at radius 1 is 1.39 bits per heavy atom. The standard InChI is InChI=1S/C12H15NO5/c1-3-17-6-7-18-12-5-4-10(9(2)14)8-11(12)13(15)16/h4-5,8H,3,6-7H2,1-2H3. The minimum absolute atomic E-state index is 0.143. The summed E-state index contributed by atoms with van der Waals surface area (Å²) in [6.45, 7) is 4.36. The van der Waals surface area contributed by atoms with Gasteiger partial charge >= 0.3 is 5.69 Å². The lowest BCUT2D eigenvalue weighted by atomic mass is 10.1. The zero-order chi connectivity index (χ0) is 13.5. The van der Waals surface area contributed by atoms with Gasteiger partial charge in [0, 0.05) is 18.2 Å². The molecule has 0 radical (unpaired) electrons. The van der Waals surface area contributed by atoms with E-state index in [1.165, 1.54) is 25.1 Å². The van der Waals surface area contributed by atoms with Crippen LogP contribution in [0.3, 0.4) is 0 Å². The first kappa shape index (κ1) is 14.1. The zero-order valence-corrected chi connectivity index (χ0v) is 10.3. The molecule has 1 rings (SSSR count). The first-order valence-corrected chi connectivity index (χ1v) is 5.56. The number of hydrogen-bond acceptors (Lipinski definition) is 5. The quantitative estimate of drug-likeness (QED) is 0.322. The molecule has 0 N–H and O–H groups in total. The molecule has 0 aromatic heterocycles. The van der Waals surface area contributed by atoms with Crippen LogP contribution in [0.5, 0.6) is 5.75 Å². The maximum absolute atomic E-state index is 11.1. The van der Waals surface area contributed by atoms with Gasteiger partial charge in [0.2, 0.25) is 0 Å². The van der Waals surface area contributed by atoms with Gasteiger partial charge in [0.05, 0.1) is 11.5 Å². The highest BCUT2D eigenvalue weighted by molar-refractivity contribution is 5.95. The Bertz CT molecular complexity index is 444. The van der Waals surface area contributed by atoms with Crippen molar-refractivity contribution in [2.24, 2.45) is 0 Å². The van der Waals surface area contributed by atoms with Gasteiger partial charge in [-0.15, -0.1) is 0 Å². The third-order valence-corrected chi connectivity index (χ3v) is 2.25. The molecule has 0 saturated carbocycles. The van der Waals surface area contributed by atoms with Crippen molar-refractivity contribution in [3.05, 3.63) is 33.9 Å². The summed E-state index contributed by atoms with van der Waals surface area (Å²) in [4.78, 5) is 21.4. The van der Waals surface area contributed by atoms with E-state index in [0.29, 0.717) is 18.8 Å². The Balaban J connectivity index is 2.83. The van der Waals surface area contributed by atoms with E-state index in [0.717, 1.165) is 0 Å². The summed E-state index contributed by atoms with van der Waals surface area (Å²) in [5.74, 6) is -0.0799. The molecule has 6 nitrogen and oxygen atoms in total. The molecule has 6 heteroatoms. The molecular formula is C12H15NO5. The first-order valence-electron chi connectivity index (χ1n) is 5.56. The van der Waals surface area contributed by atoms with Crippen LogP contribution < -0.4 is 4.74 Å². The van der Waals surface area contributed by atoms with Gasteiger partial charge in [-0.3, -0.25) is 14.9 Å². The molecule has 0 unspecified atom stereocenters. The molecule has 0 heterocycles. The Morgan fingerprint density at radius 2 is 2.11 bits per heavy atom. The van der Waals surface area contributed by atoms with Gasteiger partial charge in [-0.05, 0) is 26.0 Å². The van der Waals surface area contributed by atoms with Crippen LogP contribution in [0.1, 0.15) is 24.2 Å². The van der Waals surface area contributed by atoms with E-state index in [4.69, 9.17) is 9.47 Å². The molecule has 1 aromatic rings. The number of ketones is 1. The van der Waals surface area contributed by atoms with Gasteiger partial charge in [0.25, 0.3) is 0 Å². The fraction of sp³-hybridized carbons (Fsp3) is 0.417. The van der Waals surface area contributed by atoms with Crippen molar-refractivity contribution in [3.8, 4) is 5.75 Å². The number of nitro benzene ring substituents is 1. The van der Waals surface area contributed by atoms with Gasteiger partial charge in [-0.1, -0.05) is 0 Å². The second-order valence-electron chi connectivity index (χ2n) is 3.54. The van der Waals surface area contributed by atoms with Crippen LogP contribution in [0.4, 0.5) is 5.69 Å². The summed E-state index contributed by atoms with van der Waals surface area (Å²) in [6, 6.07) is 4.16. The fourth-order valence-corrected chi connectivity index (χ4v) is 1.36. The van der Waals surface area contributed by atoms with E-state index in [2.05, 4.69) is 0 Å². The average Bonchev–Trinajstić information content (AvgIpc) is 2.34. The molecule has 0 aliphatic heterocycles. The van der Waals surface area contributed by atoms with Crippen molar-refractivity contribution in [3.63, 3.8) is 0 Å². The summed E-state index contributed by atoms with van der Waals surface area (Å²) in [7, 11) is 0. The Labute approximate surface area is 105 Å². The molecule has 0 amide bonds. The summed E-state index contributed by atoms with van der Waals surface area (Å²) >= 11 is 0. The highest BCUT2D eigenvalue weighted by Gasteiger charge is 2.17. The van der Waals surface area contributed by atoms with Crippen molar-refractivity contribution >= 4 is 11.5 Å². The second kappa shape index (κ2) is 6.70. The minimum atomic E-state index is -0.567. The Morgan fingerprint density at radius 3 is 2.67 bits per heavy atom. The fourth-order valence-electron chi connectivity index (χ4n) is 1.36. The molecule has 0 spiro atoms. The molecule has 0 fully saturated rings. The molecule has 0 aliphatic rings. The number of carbonyl (C=O) groups is 1. The van der Waals surface area contributed by atoms with E-state index < -0.39 is 4.92 Å². The molecule has 18 heavy (non-hydrogen) atoms. The van der Waals surface area contributed by atoms with Gasteiger partial charge in [0.15, 0.2) is 11.5 Å². The van der Waals surface area contributed by atoms with Crippen LogP contribution in [-0.2, 0) is 4.74 Å². The van der Waals surface area contributed by atoms with Crippen LogP contribution in [-0.4, -0.2) is 30.5 Å². The minimum Gasteiger partial charge on any atom is -0.484 e. The third-order valence-electron chi connectivity index (χ3n) is 2.25. The van der Waals surface area contributed by atoms with Crippen molar-refractivity contribution in [1.82, 2.24) is 0 Å². The maximum atomic E-state index is 11.1. The van der Waals surface area contributed by atoms with Gasteiger partial charge in [0.1, 0.15) is 6.61 Å². The van der Waals surface area contributed by atoms with Gasteiger partial charge in [-0.25, -0.2) is 0 Å². The van der Waals surface area contributed by atoms with Crippen LogP contribution in [0, 0.1) is 10.1 Å². The van der Waals surface area contributed by atoms with Crippen LogP contribution in [0.25, 0.3) is 0 Å². The van der Waals surface area contributed by atoms with Crippen molar-refractivity contribution in [2.45, 2.75) is 13.8 Å². The monoisotopic (exact) mass is 253 g/mol. The van der Waals surface area contributed by atoms with E-state index in [1.54, 1.807) is 0 Å². The maximum Gasteiger partial charge on any atom is 0.311 e. The summed E-state index contributed by atoms with van der Waals surface area (Å²) in [6.07, 6.45) is 0. The van der Waals surface area contributed by atoms with Gasteiger partial charge < -0.3 is 9.47 Å². The number of ether oxygens (including phenoxy) is 2. The molecule has 0 saturated heterocycles. The molecule has 98 valence electrons. The lowest BCUT2D eigenvalue weighted by molar-refractivity contribution is -0.385. The first-order chi connectivity index (χ1) is 8.56. The van der Waals surface area contributed by atoms with Crippen LogP contribution in [0.2, 0.25) is 0 Å². The highest BCUT2D eigenvalue weighted by Crippen LogP contribution is 2.28. The lowest BCUT2D eigenvalue weighted by Crippen LogP contribution is -2.08. The van der Waals surface area contributed by atoms with E-state index >= 15 is 0 Å².